The predicted molar refractivity (Wildman–Crippen MR) is 96.6 cm³/mol. The van der Waals surface area contributed by atoms with Crippen molar-refractivity contribution in [1.82, 2.24) is 15.5 Å². The zero-order valence-electron chi connectivity index (χ0n) is 13.2. The molecule has 4 rings (SSSR count). The van der Waals surface area contributed by atoms with Crippen LogP contribution in [0.3, 0.4) is 0 Å². The molecule has 2 fully saturated rings. The number of amides is 1. The van der Waals surface area contributed by atoms with Crippen molar-refractivity contribution in [3.05, 3.63) is 34.9 Å². The van der Waals surface area contributed by atoms with Crippen molar-refractivity contribution in [2.75, 3.05) is 13.1 Å². The fraction of sp³-hybridized carbons (Fsp3) is 0.588. The topological polar surface area (TPSA) is 44.4 Å². The van der Waals surface area contributed by atoms with E-state index in [1.165, 1.54) is 36.9 Å². The highest BCUT2D eigenvalue weighted by molar-refractivity contribution is 5.94. The van der Waals surface area contributed by atoms with Crippen LogP contribution in [0.4, 0.5) is 0 Å². The van der Waals surface area contributed by atoms with Gasteiger partial charge in [0.25, 0.3) is 5.91 Å². The lowest BCUT2D eigenvalue weighted by Gasteiger charge is -2.32. The average Bonchev–Trinajstić information content (AvgIpc) is 3.13. The summed E-state index contributed by atoms with van der Waals surface area (Å²) in [6.45, 7) is 4.17. The molecule has 0 bridgehead atoms. The number of piperidine rings is 1. The van der Waals surface area contributed by atoms with Crippen LogP contribution in [0.2, 0.25) is 0 Å². The second-order valence-electron chi connectivity index (χ2n) is 6.55. The first-order valence-corrected chi connectivity index (χ1v) is 8.19. The minimum absolute atomic E-state index is 0. The molecule has 0 aliphatic carbocycles. The molecule has 0 saturated carbocycles. The standard InChI is InChI=1S/C17H23N3O.2ClH/c21-17(12-4-5-13-10-18-11-14(13)9-12)19-15-6-8-20-7-2-1-3-16(15)20;;/h4-5,9,15-16,18H,1-3,6-8,10-11H2,(H,19,21);2*1H. The van der Waals surface area contributed by atoms with Crippen molar-refractivity contribution in [3.8, 4) is 0 Å². The molecule has 4 nitrogen and oxygen atoms in total. The molecule has 23 heavy (non-hydrogen) atoms. The SMILES string of the molecule is Cl.Cl.O=C(NC1CCN2CCCCC12)c1ccc2c(c1)CNC2. The van der Waals surface area contributed by atoms with Crippen LogP contribution in [-0.4, -0.2) is 36.0 Å². The molecule has 1 amide bonds. The molecule has 3 aliphatic rings. The number of rotatable bonds is 2. The van der Waals surface area contributed by atoms with Crippen molar-refractivity contribution in [2.24, 2.45) is 0 Å². The van der Waals surface area contributed by atoms with Gasteiger partial charge in [-0.1, -0.05) is 12.5 Å². The minimum Gasteiger partial charge on any atom is -0.348 e. The first-order valence-electron chi connectivity index (χ1n) is 8.19. The maximum Gasteiger partial charge on any atom is 0.251 e. The highest BCUT2D eigenvalue weighted by atomic mass is 35.5. The third-order valence-corrected chi connectivity index (χ3v) is 5.27. The van der Waals surface area contributed by atoms with E-state index in [-0.39, 0.29) is 30.7 Å². The molecule has 2 N–H and O–H groups in total. The Morgan fingerprint density at radius 3 is 2.78 bits per heavy atom. The lowest BCUT2D eigenvalue weighted by atomic mass is 9.98. The van der Waals surface area contributed by atoms with Crippen molar-refractivity contribution in [2.45, 2.75) is 50.9 Å². The Labute approximate surface area is 150 Å². The number of hydrogen-bond acceptors (Lipinski definition) is 3. The quantitative estimate of drug-likeness (QED) is 0.854. The lowest BCUT2D eigenvalue weighted by molar-refractivity contribution is 0.0915. The maximum atomic E-state index is 12.5. The van der Waals surface area contributed by atoms with E-state index in [4.69, 9.17) is 0 Å². The van der Waals surface area contributed by atoms with Crippen LogP contribution >= 0.6 is 24.8 Å². The Kier molecular flexibility index (Phi) is 6.32. The maximum absolute atomic E-state index is 12.5. The second kappa shape index (κ2) is 7.84. The summed E-state index contributed by atoms with van der Waals surface area (Å²) in [5.74, 6) is 0.0992. The Hall–Kier alpha value is -0.810. The fourth-order valence-electron chi connectivity index (χ4n) is 4.10. The first kappa shape index (κ1) is 18.5. The van der Waals surface area contributed by atoms with Gasteiger partial charge in [-0.3, -0.25) is 9.69 Å². The van der Waals surface area contributed by atoms with Gasteiger partial charge in [0.2, 0.25) is 0 Å². The third-order valence-electron chi connectivity index (χ3n) is 5.27. The summed E-state index contributed by atoms with van der Waals surface area (Å²) in [5, 5.41) is 6.61. The van der Waals surface area contributed by atoms with Gasteiger partial charge < -0.3 is 10.6 Å². The average molecular weight is 358 g/mol. The molecular weight excluding hydrogens is 333 g/mol. The summed E-state index contributed by atoms with van der Waals surface area (Å²) in [6.07, 6.45) is 4.95. The van der Waals surface area contributed by atoms with Gasteiger partial charge in [0.1, 0.15) is 0 Å². The van der Waals surface area contributed by atoms with E-state index in [0.717, 1.165) is 31.6 Å². The van der Waals surface area contributed by atoms with E-state index < -0.39 is 0 Å². The van der Waals surface area contributed by atoms with Crippen LogP contribution in [0.25, 0.3) is 0 Å². The Morgan fingerprint density at radius 2 is 1.91 bits per heavy atom. The molecule has 0 radical (unpaired) electrons. The zero-order valence-corrected chi connectivity index (χ0v) is 14.8. The summed E-state index contributed by atoms with van der Waals surface area (Å²) >= 11 is 0. The van der Waals surface area contributed by atoms with E-state index in [1.54, 1.807) is 0 Å². The summed E-state index contributed by atoms with van der Waals surface area (Å²) < 4.78 is 0. The van der Waals surface area contributed by atoms with E-state index in [2.05, 4.69) is 27.7 Å². The van der Waals surface area contributed by atoms with E-state index in [0.29, 0.717) is 12.1 Å². The van der Waals surface area contributed by atoms with E-state index in [9.17, 15) is 4.79 Å². The smallest absolute Gasteiger partial charge is 0.251 e. The van der Waals surface area contributed by atoms with Gasteiger partial charge in [-0.15, -0.1) is 24.8 Å². The number of fused-ring (bicyclic) bond motifs is 2. The second-order valence-corrected chi connectivity index (χ2v) is 6.55. The molecule has 0 aromatic heterocycles. The summed E-state index contributed by atoms with van der Waals surface area (Å²) in [7, 11) is 0. The molecule has 1 aromatic carbocycles. The lowest BCUT2D eigenvalue weighted by Crippen LogP contribution is -2.46. The highest BCUT2D eigenvalue weighted by Gasteiger charge is 2.36. The van der Waals surface area contributed by atoms with Crippen molar-refractivity contribution < 1.29 is 4.79 Å². The van der Waals surface area contributed by atoms with Gasteiger partial charge in [-0.05, 0) is 49.1 Å². The summed E-state index contributed by atoms with van der Waals surface area (Å²) in [6, 6.07) is 7.02. The molecule has 128 valence electrons. The van der Waals surface area contributed by atoms with E-state index in [1.807, 2.05) is 6.07 Å². The van der Waals surface area contributed by atoms with E-state index >= 15 is 0 Å². The van der Waals surface area contributed by atoms with Crippen LogP contribution in [-0.2, 0) is 13.1 Å². The van der Waals surface area contributed by atoms with Gasteiger partial charge >= 0.3 is 0 Å². The molecule has 0 spiro atoms. The van der Waals surface area contributed by atoms with Crippen molar-refractivity contribution in [3.63, 3.8) is 0 Å². The van der Waals surface area contributed by atoms with Crippen LogP contribution < -0.4 is 10.6 Å². The van der Waals surface area contributed by atoms with Crippen molar-refractivity contribution >= 4 is 30.7 Å². The normalized spacial score (nSPS) is 25.7. The molecular formula is C17H25Cl2N3O. The number of carbonyl (C=O) groups excluding carboxylic acids is 1. The number of nitrogens with zero attached hydrogens (tertiary/aromatic N) is 1. The molecule has 3 aliphatic heterocycles. The number of hydrogen-bond donors (Lipinski definition) is 2. The Balaban J connectivity index is 0.000000960. The minimum atomic E-state index is 0. The van der Waals surface area contributed by atoms with Crippen molar-refractivity contribution in [1.29, 1.82) is 0 Å². The molecule has 2 unspecified atom stereocenters. The fourth-order valence-corrected chi connectivity index (χ4v) is 4.10. The number of benzene rings is 1. The van der Waals surface area contributed by atoms with Gasteiger partial charge in [-0.2, -0.15) is 0 Å². The highest BCUT2D eigenvalue weighted by Crippen LogP contribution is 2.27. The Bertz CT molecular complexity index is 567. The Morgan fingerprint density at radius 1 is 1.09 bits per heavy atom. The van der Waals surface area contributed by atoms with Gasteiger partial charge in [-0.25, -0.2) is 0 Å². The molecule has 6 heteroatoms. The third kappa shape index (κ3) is 3.66. The largest absolute Gasteiger partial charge is 0.348 e. The zero-order chi connectivity index (χ0) is 14.2. The number of nitrogens with one attached hydrogen (secondary N) is 2. The van der Waals surface area contributed by atoms with Crippen LogP contribution in [0.15, 0.2) is 18.2 Å². The summed E-state index contributed by atoms with van der Waals surface area (Å²) in [4.78, 5) is 15.1. The van der Waals surface area contributed by atoms with Crippen LogP contribution in [0.1, 0.15) is 47.2 Å². The number of carbonyl (C=O) groups is 1. The monoisotopic (exact) mass is 357 g/mol. The van der Waals surface area contributed by atoms with Gasteiger partial charge in [0, 0.05) is 37.3 Å². The molecule has 1 aromatic rings. The van der Waals surface area contributed by atoms with Gasteiger partial charge in [0.15, 0.2) is 0 Å². The first-order chi connectivity index (χ1) is 10.3. The van der Waals surface area contributed by atoms with Gasteiger partial charge in [0.05, 0.1) is 0 Å². The molecule has 2 atom stereocenters. The summed E-state index contributed by atoms with van der Waals surface area (Å²) in [5.41, 5.74) is 3.41. The molecule has 2 saturated heterocycles. The molecule has 3 heterocycles. The number of halogens is 2. The van der Waals surface area contributed by atoms with Crippen LogP contribution in [0, 0.1) is 0 Å². The van der Waals surface area contributed by atoms with Crippen LogP contribution in [0.5, 0.6) is 0 Å². The predicted octanol–water partition coefficient (Wildman–Crippen LogP) is 2.49.